The third kappa shape index (κ3) is 4.56. The van der Waals surface area contributed by atoms with Crippen molar-refractivity contribution in [1.82, 2.24) is 15.1 Å². The molecule has 0 saturated carbocycles. The number of aryl methyl sites for hydroxylation is 2. The second kappa shape index (κ2) is 7.97. The maximum atomic E-state index is 6.04. The topological polar surface area (TPSA) is 29.9 Å². The van der Waals surface area contributed by atoms with Crippen molar-refractivity contribution >= 4 is 27.5 Å². The Morgan fingerprint density at radius 2 is 2.19 bits per heavy atom. The molecule has 0 aliphatic carbocycles. The van der Waals surface area contributed by atoms with E-state index in [1.165, 1.54) is 11.3 Å². The van der Waals surface area contributed by atoms with Crippen LogP contribution in [0.5, 0.6) is 0 Å². The van der Waals surface area contributed by atoms with E-state index in [0.717, 1.165) is 35.3 Å². The summed E-state index contributed by atoms with van der Waals surface area (Å²) in [6.45, 7) is 3.19. The lowest BCUT2D eigenvalue weighted by molar-refractivity contribution is 0.490. The van der Waals surface area contributed by atoms with Crippen LogP contribution < -0.4 is 5.32 Å². The van der Waals surface area contributed by atoms with Crippen LogP contribution >= 0.6 is 27.5 Å². The highest BCUT2D eigenvalue weighted by atomic mass is 79.9. The van der Waals surface area contributed by atoms with Crippen molar-refractivity contribution in [2.24, 2.45) is 7.05 Å². The SMILES string of the molecule is CCCNC(CCc1ccnn1C)c1ccc(Cl)cc1Br. The minimum Gasteiger partial charge on any atom is -0.310 e. The Balaban J connectivity index is 2.12. The lowest BCUT2D eigenvalue weighted by Gasteiger charge is -2.20. The van der Waals surface area contributed by atoms with Crippen LogP contribution in [-0.4, -0.2) is 16.3 Å². The summed E-state index contributed by atoms with van der Waals surface area (Å²) in [5, 5.41) is 8.61. The molecule has 0 amide bonds. The summed E-state index contributed by atoms with van der Waals surface area (Å²) in [6, 6.07) is 8.40. The quantitative estimate of drug-likeness (QED) is 0.777. The van der Waals surface area contributed by atoms with E-state index in [1.54, 1.807) is 0 Å². The second-order valence-corrected chi connectivity index (χ2v) is 6.45. The molecule has 0 spiro atoms. The highest BCUT2D eigenvalue weighted by molar-refractivity contribution is 9.10. The summed E-state index contributed by atoms with van der Waals surface area (Å²) in [5.74, 6) is 0. The van der Waals surface area contributed by atoms with Gasteiger partial charge in [0.2, 0.25) is 0 Å². The van der Waals surface area contributed by atoms with Crippen molar-refractivity contribution in [3.63, 3.8) is 0 Å². The first-order valence-electron chi connectivity index (χ1n) is 7.27. The molecule has 0 bridgehead atoms. The second-order valence-electron chi connectivity index (χ2n) is 5.16. The van der Waals surface area contributed by atoms with Gasteiger partial charge in [-0.25, -0.2) is 0 Å². The van der Waals surface area contributed by atoms with Gasteiger partial charge in [0.15, 0.2) is 0 Å². The molecule has 1 aromatic carbocycles. The van der Waals surface area contributed by atoms with Crippen molar-refractivity contribution in [3.8, 4) is 0 Å². The van der Waals surface area contributed by atoms with E-state index >= 15 is 0 Å². The van der Waals surface area contributed by atoms with E-state index in [1.807, 2.05) is 30.1 Å². The fraction of sp³-hybridized carbons (Fsp3) is 0.438. The molecular weight excluding hydrogens is 350 g/mol. The van der Waals surface area contributed by atoms with E-state index in [4.69, 9.17) is 11.6 Å². The summed E-state index contributed by atoms with van der Waals surface area (Å²) >= 11 is 9.67. The molecule has 2 rings (SSSR count). The molecule has 3 nitrogen and oxygen atoms in total. The number of hydrogen-bond donors (Lipinski definition) is 1. The fourth-order valence-electron chi connectivity index (χ4n) is 2.41. The summed E-state index contributed by atoms with van der Waals surface area (Å²) in [5.41, 5.74) is 2.51. The van der Waals surface area contributed by atoms with Gasteiger partial charge in [-0.2, -0.15) is 5.10 Å². The van der Waals surface area contributed by atoms with Gasteiger partial charge < -0.3 is 5.32 Å². The third-order valence-electron chi connectivity index (χ3n) is 3.59. The zero-order valence-corrected chi connectivity index (χ0v) is 14.8. The number of hydrogen-bond acceptors (Lipinski definition) is 2. The number of nitrogens with zero attached hydrogens (tertiary/aromatic N) is 2. The molecule has 1 unspecified atom stereocenters. The van der Waals surface area contributed by atoms with Crippen molar-refractivity contribution < 1.29 is 0 Å². The lowest BCUT2D eigenvalue weighted by atomic mass is 10.0. The first-order chi connectivity index (χ1) is 10.1. The Labute approximate surface area is 139 Å². The van der Waals surface area contributed by atoms with Crippen LogP contribution in [0.4, 0.5) is 0 Å². The number of aromatic nitrogens is 2. The minimum absolute atomic E-state index is 0.312. The molecule has 0 aliphatic rings. The largest absolute Gasteiger partial charge is 0.310 e. The smallest absolute Gasteiger partial charge is 0.0492 e. The number of halogens is 2. The number of rotatable bonds is 7. The van der Waals surface area contributed by atoms with Gasteiger partial charge in [-0.05, 0) is 49.6 Å². The van der Waals surface area contributed by atoms with Gasteiger partial charge >= 0.3 is 0 Å². The molecule has 2 aromatic rings. The van der Waals surface area contributed by atoms with Gasteiger partial charge in [0.05, 0.1) is 0 Å². The monoisotopic (exact) mass is 369 g/mol. The first kappa shape index (κ1) is 16.5. The number of nitrogens with one attached hydrogen (secondary N) is 1. The molecule has 1 aromatic heterocycles. The standard InChI is InChI=1S/C16H21BrClN3/c1-3-9-19-16(7-5-13-8-10-20-21(13)2)14-6-4-12(18)11-15(14)17/h4,6,8,10-11,16,19H,3,5,7,9H2,1-2H3. The average Bonchev–Trinajstić information content (AvgIpc) is 2.85. The predicted molar refractivity (Wildman–Crippen MR) is 91.7 cm³/mol. The lowest BCUT2D eigenvalue weighted by Crippen LogP contribution is -2.23. The Kier molecular flexibility index (Phi) is 6.27. The molecule has 114 valence electrons. The van der Waals surface area contributed by atoms with Gasteiger partial charge in [-0.1, -0.05) is 40.5 Å². The minimum atomic E-state index is 0.312. The Bertz CT molecular complexity index is 583. The van der Waals surface area contributed by atoms with Crippen LogP contribution in [0.1, 0.15) is 37.1 Å². The maximum Gasteiger partial charge on any atom is 0.0492 e. The summed E-state index contributed by atoms with van der Waals surface area (Å²) in [6.07, 6.45) is 4.99. The van der Waals surface area contributed by atoms with E-state index in [0.29, 0.717) is 6.04 Å². The predicted octanol–water partition coefficient (Wildman–Crippen LogP) is 4.51. The van der Waals surface area contributed by atoms with Crippen molar-refractivity contribution in [2.75, 3.05) is 6.54 Å². The maximum absolute atomic E-state index is 6.04. The highest BCUT2D eigenvalue weighted by Gasteiger charge is 2.15. The van der Waals surface area contributed by atoms with Crippen molar-refractivity contribution in [3.05, 3.63) is 51.2 Å². The van der Waals surface area contributed by atoms with Gasteiger partial charge in [-0.3, -0.25) is 4.68 Å². The molecule has 0 saturated heterocycles. The molecule has 0 aliphatic heterocycles. The van der Waals surface area contributed by atoms with Crippen molar-refractivity contribution in [2.45, 2.75) is 32.2 Å². The first-order valence-corrected chi connectivity index (χ1v) is 8.44. The van der Waals surface area contributed by atoms with E-state index in [-0.39, 0.29) is 0 Å². The molecule has 21 heavy (non-hydrogen) atoms. The fourth-order valence-corrected chi connectivity index (χ4v) is 3.37. The molecule has 1 N–H and O–H groups in total. The van der Waals surface area contributed by atoms with E-state index < -0.39 is 0 Å². The van der Waals surface area contributed by atoms with Crippen LogP contribution in [0, 0.1) is 0 Å². The summed E-state index contributed by atoms with van der Waals surface area (Å²) in [7, 11) is 1.99. The van der Waals surface area contributed by atoms with Crippen LogP contribution in [0.2, 0.25) is 5.02 Å². The Hall–Kier alpha value is -0.840. The highest BCUT2D eigenvalue weighted by Crippen LogP contribution is 2.29. The van der Waals surface area contributed by atoms with Gasteiger partial charge in [0.1, 0.15) is 0 Å². The van der Waals surface area contributed by atoms with Crippen molar-refractivity contribution in [1.29, 1.82) is 0 Å². The third-order valence-corrected chi connectivity index (χ3v) is 4.51. The van der Waals surface area contributed by atoms with Crippen LogP contribution in [0.15, 0.2) is 34.9 Å². The molecule has 5 heteroatoms. The van der Waals surface area contributed by atoms with Crippen LogP contribution in [0.25, 0.3) is 0 Å². The van der Waals surface area contributed by atoms with Crippen LogP contribution in [-0.2, 0) is 13.5 Å². The Morgan fingerprint density at radius 3 is 2.81 bits per heavy atom. The zero-order valence-electron chi connectivity index (χ0n) is 12.4. The van der Waals surface area contributed by atoms with Crippen LogP contribution in [0.3, 0.4) is 0 Å². The summed E-state index contributed by atoms with van der Waals surface area (Å²) in [4.78, 5) is 0. The molecule has 1 atom stereocenters. The molecule has 0 fully saturated rings. The Morgan fingerprint density at radius 1 is 1.38 bits per heavy atom. The molecular formula is C16H21BrClN3. The van der Waals surface area contributed by atoms with Gasteiger partial charge in [-0.15, -0.1) is 0 Å². The molecule has 1 heterocycles. The zero-order chi connectivity index (χ0) is 15.2. The number of benzene rings is 1. The summed E-state index contributed by atoms with van der Waals surface area (Å²) < 4.78 is 3.00. The van der Waals surface area contributed by atoms with E-state index in [9.17, 15) is 0 Å². The van der Waals surface area contributed by atoms with E-state index in [2.05, 4.69) is 45.4 Å². The average molecular weight is 371 g/mol. The van der Waals surface area contributed by atoms with Gasteiger partial charge in [0.25, 0.3) is 0 Å². The van der Waals surface area contributed by atoms with Gasteiger partial charge in [0, 0.05) is 34.5 Å². The molecule has 0 radical (unpaired) electrons. The normalized spacial score (nSPS) is 12.6.